The Morgan fingerprint density at radius 2 is 2.14 bits per heavy atom. The van der Waals surface area contributed by atoms with Crippen LogP contribution >= 0.6 is 0 Å². The quantitative estimate of drug-likeness (QED) is 0.785. The first-order chi connectivity index (χ1) is 6.83. The Bertz CT molecular complexity index is 346. The molecule has 0 spiro atoms. The molecule has 2 nitrogen and oxygen atoms in total. The maximum absolute atomic E-state index is 11.7. The van der Waals surface area contributed by atoms with Gasteiger partial charge in [0.1, 0.15) is 5.78 Å². The smallest absolute Gasteiger partial charge is 0.144 e. The minimum atomic E-state index is 0.120. The molecule has 2 rings (SSSR count). The van der Waals surface area contributed by atoms with Gasteiger partial charge in [0.05, 0.1) is 0 Å². The second-order valence-electron chi connectivity index (χ2n) is 3.83. The fraction of sp³-hybridized carbons (Fsp3) is 0.417. The fourth-order valence-corrected chi connectivity index (χ4v) is 2.16. The van der Waals surface area contributed by atoms with Gasteiger partial charge >= 0.3 is 0 Å². The standard InChI is InChI=1S/C12H15NO/c13-7-3-6-11-10-5-2-1-4-9(10)8-12(11)14/h1-2,4-5,11H,3,6-8,13H2. The Labute approximate surface area is 84.1 Å². The number of hydrogen-bond acceptors (Lipinski definition) is 2. The van der Waals surface area contributed by atoms with Gasteiger partial charge in [-0.2, -0.15) is 0 Å². The lowest BCUT2D eigenvalue weighted by molar-refractivity contribution is -0.119. The van der Waals surface area contributed by atoms with Gasteiger partial charge in [0.15, 0.2) is 0 Å². The Balaban J connectivity index is 2.21. The van der Waals surface area contributed by atoms with Crippen LogP contribution in [0.3, 0.4) is 0 Å². The fourth-order valence-electron chi connectivity index (χ4n) is 2.16. The summed E-state index contributed by atoms with van der Waals surface area (Å²) in [6, 6.07) is 8.13. The number of rotatable bonds is 3. The van der Waals surface area contributed by atoms with Crippen molar-refractivity contribution < 1.29 is 4.79 Å². The van der Waals surface area contributed by atoms with Crippen molar-refractivity contribution in [2.75, 3.05) is 6.54 Å². The molecule has 0 amide bonds. The summed E-state index contributed by atoms with van der Waals surface area (Å²) in [5.74, 6) is 0.481. The largest absolute Gasteiger partial charge is 0.330 e. The highest BCUT2D eigenvalue weighted by molar-refractivity contribution is 5.92. The van der Waals surface area contributed by atoms with E-state index in [1.54, 1.807) is 0 Å². The van der Waals surface area contributed by atoms with E-state index in [4.69, 9.17) is 5.73 Å². The lowest BCUT2D eigenvalue weighted by Crippen LogP contribution is -2.09. The molecule has 1 aliphatic rings. The summed E-state index contributed by atoms with van der Waals surface area (Å²) in [5.41, 5.74) is 7.90. The SMILES string of the molecule is NCCCC1C(=O)Cc2ccccc21. The Morgan fingerprint density at radius 3 is 2.93 bits per heavy atom. The minimum Gasteiger partial charge on any atom is -0.330 e. The maximum atomic E-state index is 11.7. The molecule has 2 N–H and O–H groups in total. The summed E-state index contributed by atoms with van der Waals surface area (Å²) in [7, 11) is 0. The number of nitrogens with two attached hydrogens (primary N) is 1. The highest BCUT2D eigenvalue weighted by atomic mass is 16.1. The first-order valence-electron chi connectivity index (χ1n) is 5.13. The number of ketones is 1. The van der Waals surface area contributed by atoms with E-state index in [0.717, 1.165) is 12.8 Å². The van der Waals surface area contributed by atoms with E-state index >= 15 is 0 Å². The van der Waals surface area contributed by atoms with Crippen LogP contribution in [0.4, 0.5) is 0 Å². The molecule has 1 aromatic carbocycles. The van der Waals surface area contributed by atoms with Crippen molar-refractivity contribution in [1.29, 1.82) is 0 Å². The van der Waals surface area contributed by atoms with Gasteiger partial charge in [-0.05, 0) is 30.5 Å². The van der Waals surface area contributed by atoms with Gasteiger partial charge in [-0.1, -0.05) is 24.3 Å². The van der Waals surface area contributed by atoms with Crippen molar-refractivity contribution in [3.63, 3.8) is 0 Å². The number of carbonyl (C=O) groups excluding carboxylic acids is 1. The molecule has 1 aromatic rings. The van der Waals surface area contributed by atoms with Gasteiger partial charge in [0.25, 0.3) is 0 Å². The summed E-state index contributed by atoms with van der Waals surface area (Å²) >= 11 is 0. The van der Waals surface area contributed by atoms with Crippen LogP contribution in [0.5, 0.6) is 0 Å². The van der Waals surface area contributed by atoms with E-state index in [2.05, 4.69) is 12.1 Å². The number of hydrogen-bond donors (Lipinski definition) is 1. The van der Waals surface area contributed by atoms with Gasteiger partial charge in [0, 0.05) is 12.3 Å². The number of fused-ring (bicyclic) bond motifs is 1. The number of benzene rings is 1. The van der Waals surface area contributed by atoms with Crippen molar-refractivity contribution in [3.05, 3.63) is 35.4 Å². The Morgan fingerprint density at radius 1 is 1.36 bits per heavy atom. The van der Waals surface area contributed by atoms with Crippen molar-refractivity contribution in [1.82, 2.24) is 0 Å². The minimum absolute atomic E-state index is 0.120. The van der Waals surface area contributed by atoms with Crippen molar-refractivity contribution >= 4 is 5.78 Å². The zero-order valence-electron chi connectivity index (χ0n) is 8.20. The van der Waals surface area contributed by atoms with E-state index < -0.39 is 0 Å². The summed E-state index contributed by atoms with van der Waals surface area (Å²) in [6.45, 7) is 0.673. The van der Waals surface area contributed by atoms with E-state index in [9.17, 15) is 4.79 Å². The average Bonchev–Trinajstić information content (AvgIpc) is 2.51. The van der Waals surface area contributed by atoms with Gasteiger partial charge in [0.2, 0.25) is 0 Å². The van der Waals surface area contributed by atoms with Crippen LogP contribution in [0.15, 0.2) is 24.3 Å². The third kappa shape index (κ3) is 1.58. The summed E-state index contributed by atoms with van der Waals surface area (Å²) in [6.07, 6.45) is 2.46. The highest BCUT2D eigenvalue weighted by Crippen LogP contribution is 2.33. The molecule has 1 aliphatic carbocycles. The molecular weight excluding hydrogens is 174 g/mol. The van der Waals surface area contributed by atoms with E-state index in [0.29, 0.717) is 18.7 Å². The van der Waals surface area contributed by atoms with Crippen molar-refractivity contribution in [2.45, 2.75) is 25.2 Å². The first kappa shape index (κ1) is 9.41. The maximum Gasteiger partial charge on any atom is 0.144 e. The van der Waals surface area contributed by atoms with E-state index in [-0.39, 0.29) is 5.92 Å². The monoisotopic (exact) mass is 189 g/mol. The topological polar surface area (TPSA) is 43.1 Å². The van der Waals surface area contributed by atoms with Crippen LogP contribution in [0, 0.1) is 0 Å². The molecule has 0 aromatic heterocycles. The van der Waals surface area contributed by atoms with Crippen molar-refractivity contribution in [3.8, 4) is 0 Å². The summed E-state index contributed by atoms with van der Waals surface area (Å²) in [5, 5.41) is 0. The molecule has 0 fully saturated rings. The third-order valence-electron chi connectivity index (χ3n) is 2.88. The normalized spacial score (nSPS) is 19.8. The average molecular weight is 189 g/mol. The summed E-state index contributed by atoms with van der Waals surface area (Å²) < 4.78 is 0. The lowest BCUT2D eigenvalue weighted by atomic mass is 9.96. The lowest BCUT2D eigenvalue weighted by Gasteiger charge is -2.08. The van der Waals surface area contributed by atoms with Crippen LogP contribution in [-0.2, 0) is 11.2 Å². The molecule has 1 unspecified atom stereocenters. The molecule has 74 valence electrons. The zero-order valence-corrected chi connectivity index (χ0v) is 8.20. The Hall–Kier alpha value is -1.15. The molecule has 0 saturated heterocycles. The van der Waals surface area contributed by atoms with E-state index in [1.807, 2.05) is 12.1 Å². The molecule has 14 heavy (non-hydrogen) atoms. The zero-order chi connectivity index (χ0) is 9.97. The molecular formula is C12H15NO. The van der Waals surface area contributed by atoms with Crippen LogP contribution in [0.1, 0.15) is 29.9 Å². The van der Waals surface area contributed by atoms with E-state index in [1.165, 1.54) is 11.1 Å². The van der Waals surface area contributed by atoms with Gasteiger partial charge < -0.3 is 5.73 Å². The predicted molar refractivity (Wildman–Crippen MR) is 56.2 cm³/mol. The number of carbonyl (C=O) groups is 1. The first-order valence-corrected chi connectivity index (χ1v) is 5.13. The third-order valence-corrected chi connectivity index (χ3v) is 2.88. The van der Waals surface area contributed by atoms with Gasteiger partial charge in [-0.3, -0.25) is 4.79 Å². The second-order valence-corrected chi connectivity index (χ2v) is 3.83. The van der Waals surface area contributed by atoms with Crippen molar-refractivity contribution in [2.24, 2.45) is 5.73 Å². The highest BCUT2D eigenvalue weighted by Gasteiger charge is 2.28. The Kier molecular flexibility index (Phi) is 2.64. The second kappa shape index (κ2) is 3.93. The predicted octanol–water partition coefficient (Wildman–Crippen LogP) is 1.63. The van der Waals surface area contributed by atoms with Gasteiger partial charge in [-0.15, -0.1) is 0 Å². The van der Waals surface area contributed by atoms with Crippen LogP contribution < -0.4 is 5.73 Å². The van der Waals surface area contributed by atoms with Crippen LogP contribution in [0.25, 0.3) is 0 Å². The van der Waals surface area contributed by atoms with Gasteiger partial charge in [-0.25, -0.2) is 0 Å². The molecule has 0 radical (unpaired) electrons. The molecule has 0 bridgehead atoms. The summed E-state index contributed by atoms with van der Waals surface area (Å²) in [4.78, 5) is 11.7. The van der Waals surface area contributed by atoms with Crippen LogP contribution in [0.2, 0.25) is 0 Å². The molecule has 0 heterocycles. The molecule has 0 saturated carbocycles. The molecule has 0 aliphatic heterocycles. The molecule has 2 heteroatoms. The molecule has 1 atom stereocenters. The van der Waals surface area contributed by atoms with Crippen LogP contribution in [-0.4, -0.2) is 12.3 Å². The number of Topliss-reactive ketones (excluding diaryl/α,β-unsaturated/α-hetero) is 1.